The summed E-state index contributed by atoms with van der Waals surface area (Å²) in [4.78, 5) is 0. The lowest BCUT2D eigenvalue weighted by Crippen LogP contribution is -2.08. The van der Waals surface area contributed by atoms with Gasteiger partial charge >= 0.3 is 0 Å². The van der Waals surface area contributed by atoms with Crippen molar-refractivity contribution in [2.24, 2.45) is 0 Å². The van der Waals surface area contributed by atoms with E-state index in [2.05, 4.69) is 5.10 Å². The molecule has 0 amide bonds. The van der Waals surface area contributed by atoms with Crippen LogP contribution >= 0.6 is 0 Å². The third-order valence-electron chi connectivity index (χ3n) is 2.15. The molecular formula is C12H13FN2O. The molecule has 1 aromatic heterocycles. The van der Waals surface area contributed by atoms with Crippen LogP contribution in [0, 0.1) is 12.7 Å². The van der Waals surface area contributed by atoms with Gasteiger partial charge in [-0.2, -0.15) is 5.10 Å². The zero-order valence-corrected chi connectivity index (χ0v) is 9.06. The molecule has 4 heteroatoms. The molecule has 1 aromatic carbocycles. The van der Waals surface area contributed by atoms with Gasteiger partial charge in [-0.05, 0) is 24.6 Å². The van der Waals surface area contributed by atoms with Gasteiger partial charge in [0.25, 0.3) is 0 Å². The number of benzene rings is 1. The average molecular weight is 220 g/mol. The van der Waals surface area contributed by atoms with Gasteiger partial charge in [0.15, 0.2) is 0 Å². The van der Waals surface area contributed by atoms with Crippen LogP contribution in [0.4, 0.5) is 4.39 Å². The SMILES string of the molecule is Cc1cnn(CCOc2cccc(F)c2)c1. The maximum absolute atomic E-state index is 12.8. The van der Waals surface area contributed by atoms with Gasteiger partial charge in [-0.1, -0.05) is 6.07 Å². The van der Waals surface area contributed by atoms with Crippen molar-refractivity contribution in [2.75, 3.05) is 6.61 Å². The van der Waals surface area contributed by atoms with Crippen LogP contribution in [0.5, 0.6) is 5.75 Å². The minimum atomic E-state index is -0.285. The summed E-state index contributed by atoms with van der Waals surface area (Å²) in [7, 11) is 0. The van der Waals surface area contributed by atoms with Crippen molar-refractivity contribution in [3.63, 3.8) is 0 Å². The molecule has 0 saturated heterocycles. The van der Waals surface area contributed by atoms with Gasteiger partial charge in [0.1, 0.15) is 18.2 Å². The van der Waals surface area contributed by atoms with E-state index >= 15 is 0 Å². The average Bonchev–Trinajstić information content (AvgIpc) is 2.64. The van der Waals surface area contributed by atoms with E-state index in [9.17, 15) is 4.39 Å². The fourth-order valence-electron chi connectivity index (χ4n) is 1.40. The number of ether oxygens (including phenoxy) is 1. The highest BCUT2D eigenvalue weighted by molar-refractivity contribution is 5.22. The van der Waals surface area contributed by atoms with Crippen molar-refractivity contribution in [3.05, 3.63) is 48.0 Å². The van der Waals surface area contributed by atoms with Gasteiger partial charge in [-0.25, -0.2) is 4.39 Å². The van der Waals surface area contributed by atoms with Gasteiger partial charge in [0.2, 0.25) is 0 Å². The van der Waals surface area contributed by atoms with E-state index in [1.807, 2.05) is 13.1 Å². The number of halogens is 1. The predicted molar refractivity (Wildman–Crippen MR) is 58.9 cm³/mol. The number of aryl methyl sites for hydroxylation is 1. The number of rotatable bonds is 4. The Morgan fingerprint density at radius 3 is 3.00 bits per heavy atom. The molecule has 0 unspecified atom stereocenters. The van der Waals surface area contributed by atoms with Crippen LogP contribution in [0.1, 0.15) is 5.56 Å². The smallest absolute Gasteiger partial charge is 0.126 e. The Labute approximate surface area is 93.5 Å². The largest absolute Gasteiger partial charge is 0.492 e. The Bertz CT molecular complexity index is 468. The highest BCUT2D eigenvalue weighted by Crippen LogP contribution is 2.11. The summed E-state index contributed by atoms with van der Waals surface area (Å²) in [5.41, 5.74) is 1.12. The lowest BCUT2D eigenvalue weighted by atomic mass is 10.3. The molecule has 0 spiro atoms. The summed E-state index contributed by atoms with van der Waals surface area (Å²) >= 11 is 0. The van der Waals surface area contributed by atoms with Crippen molar-refractivity contribution in [1.29, 1.82) is 0 Å². The summed E-state index contributed by atoms with van der Waals surface area (Å²) in [6.45, 7) is 3.12. The van der Waals surface area contributed by atoms with Gasteiger partial charge in [-0.15, -0.1) is 0 Å². The minimum absolute atomic E-state index is 0.285. The van der Waals surface area contributed by atoms with Crippen molar-refractivity contribution in [1.82, 2.24) is 9.78 Å². The molecule has 2 aromatic rings. The van der Waals surface area contributed by atoms with Crippen molar-refractivity contribution >= 4 is 0 Å². The van der Waals surface area contributed by atoms with Crippen LogP contribution in [0.3, 0.4) is 0 Å². The Morgan fingerprint density at radius 1 is 1.44 bits per heavy atom. The van der Waals surface area contributed by atoms with E-state index in [-0.39, 0.29) is 5.82 Å². The van der Waals surface area contributed by atoms with Crippen LogP contribution in [0.15, 0.2) is 36.7 Å². The van der Waals surface area contributed by atoms with Crippen LogP contribution < -0.4 is 4.74 Å². The van der Waals surface area contributed by atoms with E-state index in [1.54, 1.807) is 23.0 Å². The molecule has 0 aliphatic rings. The summed E-state index contributed by atoms with van der Waals surface area (Å²) in [6, 6.07) is 6.12. The predicted octanol–water partition coefficient (Wildman–Crippen LogP) is 2.41. The highest BCUT2D eigenvalue weighted by atomic mass is 19.1. The van der Waals surface area contributed by atoms with E-state index in [0.717, 1.165) is 5.56 Å². The summed E-state index contributed by atoms with van der Waals surface area (Å²) in [5, 5.41) is 4.13. The standard InChI is InChI=1S/C12H13FN2O/c1-10-8-14-15(9-10)5-6-16-12-4-2-3-11(13)7-12/h2-4,7-9H,5-6H2,1H3. The molecule has 0 N–H and O–H groups in total. The van der Waals surface area contributed by atoms with Crippen molar-refractivity contribution in [2.45, 2.75) is 13.5 Å². The first-order chi connectivity index (χ1) is 7.74. The molecule has 0 aliphatic heterocycles. The molecule has 16 heavy (non-hydrogen) atoms. The van der Waals surface area contributed by atoms with Crippen LogP contribution in [-0.2, 0) is 6.54 Å². The summed E-state index contributed by atoms with van der Waals surface area (Å²) < 4.78 is 20.0. The van der Waals surface area contributed by atoms with Gasteiger partial charge < -0.3 is 4.74 Å². The third kappa shape index (κ3) is 2.82. The molecule has 0 fully saturated rings. The van der Waals surface area contributed by atoms with E-state index < -0.39 is 0 Å². The van der Waals surface area contributed by atoms with Crippen LogP contribution in [-0.4, -0.2) is 16.4 Å². The van der Waals surface area contributed by atoms with Gasteiger partial charge in [0, 0.05) is 12.3 Å². The first-order valence-corrected chi connectivity index (χ1v) is 5.11. The normalized spacial score (nSPS) is 10.4. The Balaban J connectivity index is 1.84. The Kier molecular flexibility index (Phi) is 3.19. The second-order valence-electron chi connectivity index (χ2n) is 3.59. The Morgan fingerprint density at radius 2 is 2.31 bits per heavy atom. The molecule has 0 radical (unpaired) electrons. The number of aromatic nitrogens is 2. The molecule has 84 valence electrons. The maximum Gasteiger partial charge on any atom is 0.126 e. The minimum Gasteiger partial charge on any atom is -0.492 e. The quantitative estimate of drug-likeness (QED) is 0.791. The Hall–Kier alpha value is -1.84. The molecule has 0 bridgehead atoms. The van der Waals surface area contributed by atoms with Gasteiger partial charge in [0.05, 0.1) is 12.7 Å². The number of hydrogen-bond donors (Lipinski definition) is 0. The second-order valence-corrected chi connectivity index (χ2v) is 3.59. The molecule has 0 atom stereocenters. The topological polar surface area (TPSA) is 27.1 Å². The van der Waals surface area contributed by atoms with E-state index in [0.29, 0.717) is 18.9 Å². The van der Waals surface area contributed by atoms with E-state index in [4.69, 9.17) is 4.74 Å². The first-order valence-electron chi connectivity index (χ1n) is 5.11. The molecular weight excluding hydrogens is 207 g/mol. The fourth-order valence-corrected chi connectivity index (χ4v) is 1.40. The molecule has 3 nitrogen and oxygen atoms in total. The van der Waals surface area contributed by atoms with Crippen LogP contribution in [0.25, 0.3) is 0 Å². The molecule has 0 saturated carbocycles. The van der Waals surface area contributed by atoms with Gasteiger partial charge in [-0.3, -0.25) is 4.68 Å². The van der Waals surface area contributed by atoms with Crippen molar-refractivity contribution < 1.29 is 9.13 Å². The lowest BCUT2D eigenvalue weighted by molar-refractivity contribution is 0.290. The molecule has 2 rings (SSSR count). The van der Waals surface area contributed by atoms with Crippen molar-refractivity contribution in [3.8, 4) is 5.75 Å². The molecule has 0 aliphatic carbocycles. The zero-order valence-electron chi connectivity index (χ0n) is 9.06. The zero-order chi connectivity index (χ0) is 11.4. The second kappa shape index (κ2) is 4.79. The van der Waals surface area contributed by atoms with Crippen LogP contribution in [0.2, 0.25) is 0 Å². The molecule has 1 heterocycles. The first kappa shape index (κ1) is 10.7. The summed E-state index contributed by atoms with van der Waals surface area (Å²) in [6.07, 6.45) is 3.73. The van der Waals surface area contributed by atoms with E-state index in [1.165, 1.54) is 12.1 Å². The number of nitrogens with zero attached hydrogens (tertiary/aromatic N) is 2. The monoisotopic (exact) mass is 220 g/mol. The summed E-state index contributed by atoms with van der Waals surface area (Å²) in [5.74, 6) is 0.260. The third-order valence-corrected chi connectivity index (χ3v) is 2.15. The number of hydrogen-bond acceptors (Lipinski definition) is 2. The highest BCUT2D eigenvalue weighted by Gasteiger charge is 1.97. The maximum atomic E-state index is 12.8. The fraction of sp³-hybridized carbons (Fsp3) is 0.250. The lowest BCUT2D eigenvalue weighted by Gasteiger charge is -2.05.